The average Bonchev–Trinajstić information content (AvgIpc) is 2.62. The number of halogens is 3. The molecule has 4 nitrogen and oxygen atoms in total. The number of aryl methyl sites for hydroxylation is 1. The molecule has 0 saturated heterocycles. The van der Waals surface area contributed by atoms with Crippen molar-refractivity contribution in [1.82, 2.24) is 14.9 Å². The Labute approximate surface area is 148 Å². The van der Waals surface area contributed by atoms with E-state index in [1.165, 1.54) is 12.1 Å². The fourth-order valence-corrected chi connectivity index (χ4v) is 2.78. The number of aromatic nitrogens is 2. The van der Waals surface area contributed by atoms with E-state index in [1.54, 1.807) is 11.6 Å². The SMILES string of the molecule is CC(NCc1nc2ccccc2n(C)c1=O)c1ccc(C(F)(F)F)cc1. The van der Waals surface area contributed by atoms with E-state index in [2.05, 4.69) is 10.3 Å². The van der Waals surface area contributed by atoms with Gasteiger partial charge < -0.3 is 9.88 Å². The molecular weight excluding hydrogens is 343 g/mol. The van der Waals surface area contributed by atoms with Crippen molar-refractivity contribution < 1.29 is 13.2 Å². The quantitative estimate of drug-likeness (QED) is 0.769. The van der Waals surface area contributed by atoms with Crippen molar-refractivity contribution in [3.05, 3.63) is 75.7 Å². The molecule has 0 aliphatic rings. The Morgan fingerprint density at radius 2 is 1.77 bits per heavy atom. The van der Waals surface area contributed by atoms with Crippen LogP contribution < -0.4 is 10.9 Å². The van der Waals surface area contributed by atoms with Crippen molar-refractivity contribution in [3.63, 3.8) is 0 Å². The molecule has 1 heterocycles. The Morgan fingerprint density at radius 3 is 2.42 bits per heavy atom. The van der Waals surface area contributed by atoms with Crippen LogP contribution in [0, 0.1) is 0 Å². The number of alkyl halides is 3. The van der Waals surface area contributed by atoms with E-state index in [-0.39, 0.29) is 18.1 Å². The number of nitrogens with one attached hydrogen (secondary N) is 1. The second-order valence-electron chi connectivity index (χ2n) is 6.13. The molecule has 3 aromatic rings. The lowest BCUT2D eigenvalue weighted by molar-refractivity contribution is -0.137. The van der Waals surface area contributed by atoms with Gasteiger partial charge in [0.15, 0.2) is 0 Å². The van der Waals surface area contributed by atoms with Gasteiger partial charge in [-0.3, -0.25) is 4.79 Å². The number of para-hydroxylation sites is 2. The summed E-state index contributed by atoms with van der Waals surface area (Å²) in [6.45, 7) is 2.05. The molecule has 1 N–H and O–H groups in total. The number of hydrogen-bond donors (Lipinski definition) is 1. The molecule has 7 heteroatoms. The van der Waals surface area contributed by atoms with Gasteiger partial charge >= 0.3 is 6.18 Å². The lowest BCUT2D eigenvalue weighted by atomic mass is 10.1. The molecule has 1 unspecified atom stereocenters. The molecule has 1 aromatic heterocycles. The first kappa shape index (κ1) is 18.1. The maximum Gasteiger partial charge on any atom is 0.416 e. The van der Waals surface area contributed by atoms with Gasteiger partial charge in [0.05, 0.1) is 16.6 Å². The standard InChI is InChI=1S/C19H18F3N3O/c1-12(13-7-9-14(10-8-13)19(20,21)22)23-11-16-18(26)25(2)17-6-4-3-5-15(17)24-16/h3-10,12,23H,11H2,1-2H3. The van der Waals surface area contributed by atoms with Gasteiger partial charge in [-0.2, -0.15) is 13.2 Å². The molecule has 0 amide bonds. The third-order valence-corrected chi connectivity index (χ3v) is 4.36. The minimum absolute atomic E-state index is 0.198. The summed E-state index contributed by atoms with van der Waals surface area (Å²) in [6.07, 6.45) is -4.35. The molecule has 1 atom stereocenters. The Hall–Kier alpha value is -2.67. The zero-order chi connectivity index (χ0) is 18.9. The van der Waals surface area contributed by atoms with E-state index in [0.717, 1.165) is 17.6 Å². The van der Waals surface area contributed by atoms with Gasteiger partial charge in [0.2, 0.25) is 0 Å². The van der Waals surface area contributed by atoms with Crippen molar-refractivity contribution >= 4 is 11.0 Å². The van der Waals surface area contributed by atoms with Crippen molar-refractivity contribution in [3.8, 4) is 0 Å². The zero-order valence-corrected chi connectivity index (χ0v) is 14.3. The third kappa shape index (κ3) is 3.62. The van der Waals surface area contributed by atoms with E-state index >= 15 is 0 Å². The molecule has 0 aliphatic heterocycles. The summed E-state index contributed by atoms with van der Waals surface area (Å²) in [7, 11) is 1.69. The molecule has 0 aliphatic carbocycles. The summed E-state index contributed by atoms with van der Waals surface area (Å²) < 4.78 is 39.5. The van der Waals surface area contributed by atoms with Gasteiger partial charge in [-0.05, 0) is 36.8 Å². The predicted octanol–water partition coefficient (Wildman–Crippen LogP) is 3.80. The molecule has 0 fully saturated rings. The van der Waals surface area contributed by atoms with Crippen LogP contribution in [-0.2, 0) is 19.8 Å². The smallest absolute Gasteiger partial charge is 0.308 e. The van der Waals surface area contributed by atoms with E-state index in [0.29, 0.717) is 16.8 Å². The molecule has 26 heavy (non-hydrogen) atoms. The van der Waals surface area contributed by atoms with Crippen LogP contribution in [0.1, 0.15) is 29.8 Å². The number of rotatable bonds is 4. The van der Waals surface area contributed by atoms with Crippen molar-refractivity contribution in [2.75, 3.05) is 0 Å². The highest BCUT2D eigenvalue weighted by atomic mass is 19.4. The normalized spacial score (nSPS) is 13.1. The van der Waals surface area contributed by atoms with Crippen LogP contribution >= 0.6 is 0 Å². The fourth-order valence-electron chi connectivity index (χ4n) is 2.78. The second-order valence-corrected chi connectivity index (χ2v) is 6.13. The maximum absolute atomic E-state index is 12.6. The molecule has 2 aromatic carbocycles. The minimum Gasteiger partial charge on any atom is -0.308 e. The second kappa shape index (κ2) is 6.92. The van der Waals surface area contributed by atoms with Crippen LogP contribution in [0.4, 0.5) is 13.2 Å². The predicted molar refractivity (Wildman–Crippen MR) is 93.7 cm³/mol. The molecule has 0 bridgehead atoms. The highest BCUT2D eigenvalue weighted by Crippen LogP contribution is 2.29. The van der Waals surface area contributed by atoms with Gasteiger partial charge in [-0.1, -0.05) is 24.3 Å². The van der Waals surface area contributed by atoms with Crippen LogP contribution in [0.15, 0.2) is 53.3 Å². The molecule has 0 saturated carbocycles. The number of benzene rings is 2. The highest BCUT2D eigenvalue weighted by molar-refractivity contribution is 5.74. The van der Waals surface area contributed by atoms with E-state index in [9.17, 15) is 18.0 Å². The summed E-state index contributed by atoms with van der Waals surface area (Å²) >= 11 is 0. The molecule has 0 radical (unpaired) electrons. The topological polar surface area (TPSA) is 46.9 Å². The number of nitrogens with zero attached hydrogens (tertiary/aromatic N) is 2. The molecule has 0 spiro atoms. The first-order chi connectivity index (χ1) is 12.3. The average molecular weight is 361 g/mol. The first-order valence-electron chi connectivity index (χ1n) is 8.12. The fraction of sp³-hybridized carbons (Fsp3) is 0.263. The van der Waals surface area contributed by atoms with Gasteiger partial charge in [-0.25, -0.2) is 4.98 Å². The van der Waals surface area contributed by atoms with E-state index in [1.807, 2.05) is 31.2 Å². The van der Waals surface area contributed by atoms with Gasteiger partial charge in [-0.15, -0.1) is 0 Å². The van der Waals surface area contributed by atoms with Crippen LogP contribution in [0.5, 0.6) is 0 Å². The van der Waals surface area contributed by atoms with Crippen molar-refractivity contribution in [2.24, 2.45) is 7.05 Å². The molecule has 3 rings (SSSR count). The molecular formula is C19H18F3N3O. The Kier molecular flexibility index (Phi) is 4.82. The maximum atomic E-state index is 12.6. The van der Waals surface area contributed by atoms with Crippen LogP contribution in [0.2, 0.25) is 0 Å². The van der Waals surface area contributed by atoms with Crippen LogP contribution in [0.3, 0.4) is 0 Å². The van der Waals surface area contributed by atoms with E-state index in [4.69, 9.17) is 0 Å². The lowest BCUT2D eigenvalue weighted by Gasteiger charge is -2.16. The summed E-state index contributed by atoms with van der Waals surface area (Å²) in [4.78, 5) is 16.8. The summed E-state index contributed by atoms with van der Waals surface area (Å²) in [5.41, 5.74) is 1.65. The van der Waals surface area contributed by atoms with Crippen molar-refractivity contribution in [1.29, 1.82) is 0 Å². The lowest BCUT2D eigenvalue weighted by Crippen LogP contribution is -2.28. The summed E-state index contributed by atoms with van der Waals surface area (Å²) in [5.74, 6) is 0. The third-order valence-electron chi connectivity index (χ3n) is 4.36. The van der Waals surface area contributed by atoms with Gasteiger partial charge in [0.1, 0.15) is 5.69 Å². The first-order valence-corrected chi connectivity index (χ1v) is 8.12. The number of hydrogen-bond acceptors (Lipinski definition) is 3. The monoisotopic (exact) mass is 361 g/mol. The van der Waals surface area contributed by atoms with Crippen LogP contribution in [0.25, 0.3) is 11.0 Å². The zero-order valence-electron chi connectivity index (χ0n) is 14.3. The van der Waals surface area contributed by atoms with E-state index < -0.39 is 11.7 Å². The summed E-state index contributed by atoms with van der Waals surface area (Å²) in [6, 6.07) is 12.1. The largest absolute Gasteiger partial charge is 0.416 e. The van der Waals surface area contributed by atoms with Gasteiger partial charge in [0.25, 0.3) is 5.56 Å². The summed E-state index contributed by atoms with van der Waals surface area (Å²) in [5, 5.41) is 3.15. The minimum atomic E-state index is -4.35. The van der Waals surface area contributed by atoms with Crippen molar-refractivity contribution in [2.45, 2.75) is 25.7 Å². The molecule has 136 valence electrons. The highest BCUT2D eigenvalue weighted by Gasteiger charge is 2.30. The van der Waals surface area contributed by atoms with Gasteiger partial charge in [0, 0.05) is 19.6 Å². The Morgan fingerprint density at radius 1 is 1.12 bits per heavy atom. The Balaban J connectivity index is 1.77. The Bertz CT molecular complexity index is 978. The van der Waals surface area contributed by atoms with Crippen LogP contribution in [-0.4, -0.2) is 9.55 Å². The number of fused-ring (bicyclic) bond motifs is 1.